The molecule has 2 atom stereocenters. The third-order valence-corrected chi connectivity index (χ3v) is 4.57. The summed E-state index contributed by atoms with van der Waals surface area (Å²) in [5.41, 5.74) is -0.0662. The van der Waals surface area contributed by atoms with Crippen LogP contribution >= 0.6 is 0 Å². The van der Waals surface area contributed by atoms with Crippen LogP contribution in [-0.4, -0.2) is 36.3 Å². The summed E-state index contributed by atoms with van der Waals surface area (Å²) in [6.45, 7) is 1.23. The predicted molar refractivity (Wildman–Crippen MR) is 96.6 cm³/mol. The first kappa shape index (κ1) is 20.4. The maximum absolute atomic E-state index is 14.2. The Bertz CT molecular complexity index is 975. The van der Waals surface area contributed by atoms with E-state index in [1.165, 1.54) is 24.1 Å². The lowest BCUT2D eigenvalue weighted by atomic mass is 9.87. The fraction of sp³-hybridized carbons (Fsp3) is 0.250. The van der Waals surface area contributed by atoms with Gasteiger partial charge < -0.3 is 15.0 Å². The Morgan fingerprint density at radius 3 is 2.34 bits per heavy atom. The lowest BCUT2D eigenvalue weighted by Crippen LogP contribution is -2.33. The number of anilines is 1. The second kappa shape index (κ2) is 7.94. The molecule has 6 nitrogen and oxygen atoms in total. The van der Waals surface area contributed by atoms with E-state index in [0.29, 0.717) is 6.07 Å². The molecule has 3 rings (SSSR count). The number of amides is 2. The van der Waals surface area contributed by atoms with E-state index in [9.17, 15) is 27.6 Å². The van der Waals surface area contributed by atoms with E-state index in [0.717, 1.165) is 25.1 Å². The molecule has 29 heavy (non-hydrogen) atoms. The zero-order valence-corrected chi connectivity index (χ0v) is 15.5. The second-order valence-corrected chi connectivity index (χ2v) is 6.73. The molecule has 1 heterocycles. The van der Waals surface area contributed by atoms with Crippen molar-refractivity contribution in [2.75, 3.05) is 18.9 Å². The Hall–Kier alpha value is -3.36. The minimum Gasteiger partial charge on any atom is -0.427 e. The van der Waals surface area contributed by atoms with Crippen LogP contribution in [0, 0.1) is 23.4 Å². The topological polar surface area (TPSA) is 75.7 Å². The minimum absolute atomic E-state index is 0.0437. The molecule has 2 aromatic carbocycles. The smallest absolute Gasteiger partial charge is 0.308 e. The fourth-order valence-corrected chi connectivity index (χ4v) is 3.32. The Morgan fingerprint density at radius 1 is 1.10 bits per heavy atom. The average Bonchev–Trinajstić information content (AvgIpc) is 2.91. The molecular formula is C20H17F3N2O4. The van der Waals surface area contributed by atoms with Crippen LogP contribution in [-0.2, 0) is 14.4 Å². The summed E-state index contributed by atoms with van der Waals surface area (Å²) in [7, 11) is 1.47. The summed E-state index contributed by atoms with van der Waals surface area (Å²) in [6.07, 6.45) is 0. The van der Waals surface area contributed by atoms with Gasteiger partial charge in [-0.05, 0) is 29.8 Å². The molecule has 2 amide bonds. The number of carbonyl (C=O) groups is 3. The van der Waals surface area contributed by atoms with E-state index in [4.69, 9.17) is 4.74 Å². The Morgan fingerprint density at radius 2 is 1.76 bits per heavy atom. The van der Waals surface area contributed by atoms with E-state index in [2.05, 4.69) is 5.32 Å². The number of halogens is 3. The number of rotatable bonds is 4. The minimum atomic E-state index is -1.28. The first-order chi connectivity index (χ1) is 13.7. The molecule has 0 spiro atoms. The van der Waals surface area contributed by atoms with Gasteiger partial charge in [-0.1, -0.05) is 0 Å². The molecule has 0 unspecified atom stereocenters. The van der Waals surface area contributed by atoms with Crippen LogP contribution in [0.5, 0.6) is 5.75 Å². The highest BCUT2D eigenvalue weighted by atomic mass is 19.1. The number of nitrogens with zero attached hydrogens (tertiary/aromatic N) is 1. The number of likely N-dealkylation sites (N-methyl/N-ethyl adjacent to an activating group) is 1. The second-order valence-electron chi connectivity index (χ2n) is 6.73. The van der Waals surface area contributed by atoms with E-state index in [-0.39, 0.29) is 23.5 Å². The fourth-order valence-electron chi connectivity index (χ4n) is 3.32. The quantitative estimate of drug-likeness (QED) is 0.481. The van der Waals surface area contributed by atoms with Crippen molar-refractivity contribution in [1.29, 1.82) is 0 Å². The number of hydrogen-bond acceptors (Lipinski definition) is 4. The van der Waals surface area contributed by atoms with Crippen molar-refractivity contribution in [1.82, 2.24) is 4.90 Å². The van der Waals surface area contributed by atoms with Gasteiger partial charge in [-0.15, -0.1) is 0 Å². The summed E-state index contributed by atoms with van der Waals surface area (Å²) in [5.74, 6) is -6.65. The number of ether oxygens (including phenoxy) is 1. The highest BCUT2D eigenvalue weighted by Crippen LogP contribution is 2.35. The number of carbonyl (C=O) groups excluding carboxylic acids is 3. The SMILES string of the molecule is CC(=O)Oc1ccc(NC(=O)[C@H]2C(=O)N(C)C[C@@H]2c2cc(F)cc(F)c2)c(F)c1. The molecule has 2 aromatic rings. The van der Waals surface area contributed by atoms with Gasteiger partial charge >= 0.3 is 5.97 Å². The molecule has 0 aliphatic carbocycles. The number of likely N-dealkylation sites (tertiary alicyclic amines) is 1. The van der Waals surface area contributed by atoms with E-state index in [1.54, 1.807) is 0 Å². The molecule has 1 fully saturated rings. The normalized spacial score (nSPS) is 18.7. The van der Waals surface area contributed by atoms with Crippen molar-refractivity contribution in [2.45, 2.75) is 12.8 Å². The summed E-state index contributed by atoms with van der Waals surface area (Å²) >= 11 is 0. The Labute approximate surface area is 164 Å². The highest BCUT2D eigenvalue weighted by Gasteiger charge is 2.44. The predicted octanol–water partition coefficient (Wildman–Crippen LogP) is 2.84. The van der Waals surface area contributed by atoms with Crippen molar-refractivity contribution < 1.29 is 32.3 Å². The Balaban J connectivity index is 1.86. The number of esters is 1. The van der Waals surface area contributed by atoms with Gasteiger partial charge in [-0.3, -0.25) is 14.4 Å². The van der Waals surface area contributed by atoms with Crippen molar-refractivity contribution in [3.8, 4) is 5.75 Å². The van der Waals surface area contributed by atoms with Gasteiger partial charge in [-0.25, -0.2) is 13.2 Å². The van der Waals surface area contributed by atoms with Gasteiger partial charge in [0.2, 0.25) is 11.8 Å². The van der Waals surface area contributed by atoms with Crippen LogP contribution < -0.4 is 10.1 Å². The third-order valence-electron chi connectivity index (χ3n) is 4.57. The number of hydrogen-bond donors (Lipinski definition) is 1. The lowest BCUT2D eigenvalue weighted by molar-refractivity contribution is -0.135. The molecule has 152 valence electrons. The zero-order chi connectivity index (χ0) is 21.3. The van der Waals surface area contributed by atoms with E-state index in [1.807, 2.05) is 0 Å². The molecule has 0 bridgehead atoms. The van der Waals surface area contributed by atoms with Crippen molar-refractivity contribution >= 4 is 23.5 Å². The molecule has 0 aromatic heterocycles. The van der Waals surface area contributed by atoms with Crippen molar-refractivity contribution in [2.24, 2.45) is 5.92 Å². The van der Waals surface area contributed by atoms with Crippen LogP contribution in [0.1, 0.15) is 18.4 Å². The molecular weight excluding hydrogens is 389 g/mol. The molecule has 0 saturated carbocycles. The standard InChI is InChI=1S/C20H17F3N2O4/c1-10(26)29-14-3-4-17(16(23)8-14)24-19(27)18-15(9-25(2)20(18)28)11-5-12(21)7-13(22)6-11/h3-8,15,18H,9H2,1-2H3,(H,24,27)/t15-,18+/m1/s1. The van der Waals surface area contributed by atoms with Crippen molar-refractivity contribution in [3.05, 3.63) is 59.4 Å². The first-order valence-corrected chi connectivity index (χ1v) is 8.65. The summed E-state index contributed by atoms with van der Waals surface area (Å²) < 4.78 is 46.2. The van der Waals surface area contributed by atoms with Gasteiger partial charge in [0.15, 0.2) is 0 Å². The lowest BCUT2D eigenvalue weighted by Gasteiger charge is -2.17. The third kappa shape index (κ3) is 4.39. The van der Waals surface area contributed by atoms with Crippen LogP contribution in [0.15, 0.2) is 36.4 Å². The number of benzene rings is 2. The van der Waals surface area contributed by atoms with Crippen LogP contribution in [0.3, 0.4) is 0 Å². The molecule has 1 saturated heterocycles. The summed E-state index contributed by atoms with van der Waals surface area (Å²) in [6, 6.07) is 6.20. The molecule has 9 heteroatoms. The summed E-state index contributed by atoms with van der Waals surface area (Å²) in [5, 5.41) is 2.32. The zero-order valence-electron chi connectivity index (χ0n) is 15.5. The van der Waals surface area contributed by atoms with Crippen molar-refractivity contribution in [3.63, 3.8) is 0 Å². The van der Waals surface area contributed by atoms with Gasteiger partial charge in [0, 0.05) is 38.6 Å². The van der Waals surface area contributed by atoms with E-state index >= 15 is 0 Å². The van der Waals surface area contributed by atoms with E-state index < -0.39 is 47.1 Å². The molecule has 1 N–H and O–H groups in total. The van der Waals surface area contributed by atoms with Gasteiger partial charge in [0.1, 0.15) is 29.1 Å². The molecule has 1 aliphatic heterocycles. The van der Waals surface area contributed by atoms with Crippen LogP contribution in [0.4, 0.5) is 18.9 Å². The van der Waals surface area contributed by atoms with Crippen LogP contribution in [0.2, 0.25) is 0 Å². The highest BCUT2D eigenvalue weighted by molar-refractivity contribution is 6.08. The van der Waals surface area contributed by atoms with Gasteiger partial charge in [0.25, 0.3) is 0 Å². The van der Waals surface area contributed by atoms with Crippen LogP contribution in [0.25, 0.3) is 0 Å². The Kier molecular flexibility index (Phi) is 5.58. The first-order valence-electron chi connectivity index (χ1n) is 8.65. The molecule has 0 radical (unpaired) electrons. The van der Waals surface area contributed by atoms with Gasteiger partial charge in [-0.2, -0.15) is 0 Å². The maximum Gasteiger partial charge on any atom is 0.308 e. The monoisotopic (exact) mass is 406 g/mol. The maximum atomic E-state index is 14.2. The molecule has 1 aliphatic rings. The summed E-state index contributed by atoms with van der Waals surface area (Å²) in [4.78, 5) is 37.4. The largest absolute Gasteiger partial charge is 0.427 e. The van der Waals surface area contributed by atoms with Gasteiger partial charge in [0.05, 0.1) is 5.69 Å². The number of nitrogens with one attached hydrogen (secondary N) is 1. The average molecular weight is 406 g/mol.